The van der Waals surface area contributed by atoms with Gasteiger partial charge in [-0.1, -0.05) is 11.6 Å². The Morgan fingerprint density at radius 1 is 1.54 bits per heavy atom. The van der Waals surface area contributed by atoms with Crippen LogP contribution >= 0.6 is 23.4 Å². The van der Waals surface area contributed by atoms with Crippen molar-refractivity contribution >= 4 is 29.3 Å². The number of ether oxygens (including phenoxy) is 1. The molecule has 0 radical (unpaired) electrons. The molecule has 0 unspecified atom stereocenters. The number of carbonyl (C=O) groups excluding carboxylic acids is 1. The van der Waals surface area contributed by atoms with Gasteiger partial charge in [0.2, 0.25) is 0 Å². The van der Waals surface area contributed by atoms with Crippen molar-refractivity contribution < 1.29 is 9.53 Å². The third kappa shape index (κ3) is 2.39. The van der Waals surface area contributed by atoms with Gasteiger partial charge < -0.3 is 4.74 Å². The summed E-state index contributed by atoms with van der Waals surface area (Å²) < 4.78 is 4.56. The predicted molar refractivity (Wildman–Crippen MR) is 54.6 cm³/mol. The van der Waals surface area contributed by atoms with Crippen molar-refractivity contribution in [2.75, 3.05) is 13.4 Å². The van der Waals surface area contributed by atoms with Crippen molar-refractivity contribution in [1.82, 2.24) is 0 Å². The van der Waals surface area contributed by atoms with Crippen molar-refractivity contribution in [3.05, 3.63) is 28.8 Å². The molecule has 70 valence electrons. The van der Waals surface area contributed by atoms with Crippen LogP contribution in [0.2, 0.25) is 5.02 Å². The minimum Gasteiger partial charge on any atom is -0.465 e. The maximum absolute atomic E-state index is 11.1. The summed E-state index contributed by atoms with van der Waals surface area (Å²) in [5.41, 5.74) is 0.477. The number of thioether (sulfide) groups is 1. The molecular weight excluding hydrogens is 208 g/mol. The fourth-order valence-corrected chi connectivity index (χ4v) is 1.78. The van der Waals surface area contributed by atoms with Crippen LogP contribution in [0, 0.1) is 0 Å². The van der Waals surface area contributed by atoms with Crippen LogP contribution in [-0.2, 0) is 4.74 Å². The van der Waals surface area contributed by atoms with Gasteiger partial charge in [-0.05, 0) is 24.5 Å². The molecule has 0 aliphatic rings. The third-order valence-electron chi connectivity index (χ3n) is 1.57. The van der Waals surface area contributed by atoms with Crippen molar-refractivity contribution in [1.29, 1.82) is 0 Å². The highest BCUT2D eigenvalue weighted by molar-refractivity contribution is 7.98. The molecule has 0 spiro atoms. The highest BCUT2D eigenvalue weighted by Crippen LogP contribution is 2.26. The largest absolute Gasteiger partial charge is 0.465 e. The SMILES string of the molecule is COC(=O)c1ccc(SC)c(Cl)c1. The molecule has 0 N–H and O–H groups in total. The van der Waals surface area contributed by atoms with E-state index in [0.717, 1.165) is 4.90 Å². The van der Waals surface area contributed by atoms with Crippen molar-refractivity contribution in [2.45, 2.75) is 4.90 Å². The molecule has 0 bridgehead atoms. The van der Waals surface area contributed by atoms with Crippen LogP contribution in [0.4, 0.5) is 0 Å². The van der Waals surface area contributed by atoms with E-state index in [0.29, 0.717) is 10.6 Å². The topological polar surface area (TPSA) is 26.3 Å². The van der Waals surface area contributed by atoms with Crippen LogP contribution < -0.4 is 0 Å². The number of carbonyl (C=O) groups is 1. The van der Waals surface area contributed by atoms with E-state index in [2.05, 4.69) is 4.74 Å². The van der Waals surface area contributed by atoms with Gasteiger partial charge in [-0.2, -0.15) is 0 Å². The van der Waals surface area contributed by atoms with E-state index < -0.39 is 0 Å². The molecule has 1 rings (SSSR count). The highest BCUT2D eigenvalue weighted by atomic mass is 35.5. The number of benzene rings is 1. The Morgan fingerprint density at radius 2 is 2.23 bits per heavy atom. The molecule has 0 aliphatic carbocycles. The van der Waals surface area contributed by atoms with Crippen molar-refractivity contribution in [3.8, 4) is 0 Å². The zero-order valence-electron chi connectivity index (χ0n) is 7.33. The quantitative estimate of drug-likeness (QED) is 0.562. The fraction of sp³-hybridized carbons (Fsp3) is 0.222. The van der Waals surface area contributed by atoms with E-state index >= 15 is 0 Å². The normalized spacial score (nSPS) is 9.77. The lowest BCUT2D eigenvalue weighted by molar-refractivity contribution is 0.0600. The third-order valence-corrected chi connectivity index (χ3v) is 2.79. The van der Waals surface area contributed by atoms with E-state index in [4.69, 9.17) is 11.6 Å². The van der Waals surface area contributed by atoms with Crippen LogP contribution in [0.1, 0.15) is 10.4 Å². The molecule has 0 atom stereocenters. The van der Waals surface area contributed by atoms with E-state index in [1.165, 1.54) is 18.9 Å². The number of rotatable bonds is 2. The molecule has 0 fully saturated rings. The zero-order chi connectivity index (χ0) is 9.84. The van der Waals surface area contributed by atoms with Gasteiger partial charge in [0.1, 0.15) is 0 Å². The maximum Gasteiger partial charge on any atom is 0.337 e. The first-order valence-corrected chi connectivity index (χ1v) is 5.21. The van der Waals surface area contributed by atoms with Gasteiger partial charge in [-0.3, -0.25) is 0 Å². The Kier molecular flexibility index (Phi) is 3.63. The van der Waals surface area contributed by atoms with E-state index in [1.807, 2.05) is 6.26 Å². The molecular formula is C9H9ClO2S. The summed E-state index contributed by atoms with van der Waals surface area (Å²) in [5.74, 6) is -0.366. The molecule has 0 aliphatic heterocycles. The lowest BCUT2D eigenvalue weighted by Crippen LogP contribution is -2.00. The standard InChI is InChI=1S/C9H9ClO2S/c1-12-9(11)6-3-4-8(13-2)7(10)5-6/h3-5H,1-2H3. The molecule has 0 amide bonds. The predicted octanol–water partition coefficient (Wildman–Crippen LogP) is 2.85. The second-order valence-electron chi connectivity index (χ2n) is 2.34. The molecule has 0 saturated heterocycles. The maximum atomic E-state index is 11.1. The zero-order valence-corrected chi connectivity index (χ0v) is 8.91. The summed E-state index contributed by atoms with van der Waals surface area (Å²) in [6, 6.07) is 5.11. The van der Waals surface area contributed by atoms with Crippen LogP contribution in [0.5, 0.6) is 0 Å². The van der Waals surface area contributed by atoms with Crippen LogP contribution in [0.25, 0.3) is 0 Å². The molecule has 1 aromatic carbocycles. The number of esters is 1. The number of halogens is 1. The average Bonchev–Trinajstić information content (AvgIpc) is 2.16. The summed E-state index contributed by atoms with van der Waals surface area (Å²) in [6.07, 6.45) is 1.93. The number of hydrogen-bond donors (Lipinski definition) is 0. The Labute approximate surface area is 86.2 Å². The Balaban J connectivity index is 3.02. The van der Waals surface area contributed by atoms with Gasteiger partial charge in [-0.15, -0.1) is 11.8 Å². The first kappa shape index (κ1) is 10.4. The van der Waals surface area contributed by atoms with Crippen molar-refractivity contribution in [3.63, 3.8) is 0 Å². The Hall–Kier alpha value is -0.670. The average molecular weight is 217 g/mol. The van der Waals surface area contributed by atoms with Gasteiger partial charge in [-0.25, -0.2) is 4.79 Å². The molecule has 2 nitrogen and oxygen atoms in total. The lowest BCUT2D eigenvalue weighted by atomic mass is 10.2. The summed E-state index contributed by atoms with van der Waals surface area (Å²) in [7, 11) is 1.35. The van der Waals surface area contributed by atoms with Gasteiger partial charge >= 0.3 is 5.97 Å². The monoisotopic (exact) mass is 216 g/mol. The van der Waals surface area contributed by atoms with Crippen LogP contribution in [0.15, 0.2) is 23.1 Å². The summed E-state index contributed by atoms with van der Waals surface area (Å²) >= 11 is 7.44. The van der Waals surface area contributed by atoms with Gasteiger partial charge in [0.05, 0.1) is 17.7 Å². The molecule has 4 heteroatoms. The van der Waals surface area contributed by atoms with Crippen molar-refractivity contribution in [2.24, 2.45) is 0 Å². The first-order chi connectivity index (χ1) is 6.19. The molecule has 13 heavy (non-hydrogen) atoms. The molecule has 0 aromatic heterocycles. The second kappa shape index (κ2) is 4.53. The minimum absolute atomic E-state index is 0.366. The first-order valence-electron chi connectivity index (χ1n) is 3.61. The fourth-order valence-electron chi connectivity index (χ4n) is 0.911. The van der Waals surface area contributed by atoms with E-state index in [1.54, 1.807) is 18.2 Å². The highest BCUT2D eigenvalue weighted by Gasteiger charge is 2.07. The smallest absolute Gasteiger partial charge is 0.337 e. The molecule has 0 heterocycles. The second-order valence-corrected chi connectivity index (χ2v) is 3.60. The lowest BCUT2D eigenvalue weighted by Gasteiger charge is -2.02. The Bertz CT molecular complexity index is 325. The molecule has 1 aromatic rings. The van der Waals surface area contributed by atoms with E-state index in [-0.39, 0.29) is 5.97 Å². The number of hydrogen-bond acceptors (Lipinski definition) is 3. The Morgan fingerprint density at radius 3 is 2.69 bits per heavy atom. The minimum atomic E-state index is -0.366. The van der Waals surface area contributed by atoms with Gasteiger partial charge in [0, 0.05) is 4.90 Å². The van der Waals surface area contributed by atoms with Crippen LogP contribution in [-0.4, -0.2) is 19.3 Å². The summed E-state index contributed by atoms with van der Waals surface area (Å²) in [5, 5.41) is 0.579. The van der Waals surface area contributed by atoms with E-state index in [9.17, 15) is 4.79 Å². The number of methoxy groups -OCH3 is 1. The van der Waals surface area contributed by atoms with Crippen LogP contribution in [0.3, 0.4) is 0 Å². The van der Waals surface area contributed by atoms with Gasteiger partial charge in [0.15, 0.2) is 0 Å². The van der Waals surface area contributed by atoms with Gasteiger partial charge in [0.25, 0.3) is 0 Å². The summed E-state index contributed by atoms with van der Waals surface area (Å²) in [6.45, 7) is 0. The molecule has 0 saturated carbocycles. The summed E-state index contributed by atoms with van der Waals surface area (Å²) in [4.78, 5) is 12.0.